The van der Waals surface area contributed by atoms with Gasteiger partial charge >= 0.3 is 24.8 Å². The van der Waals surface area contributed by atoms with Gasteiger partial charge in [-0.3, -0.25) is 8.80 Å². The number of hydrogen-bond donors (Lipinski definition) is 0. The molecule has 1 rings (SSSR count). The van der Waals surface area contributed by atoms with Crippen LogP contribution in [0.25, 0.3) is 0 Å². The Morgan fingerprint density at radius 1 is 1.43 bits per heavy atom. The minimum Gasteiger partial charge on any atom is -0.466 e. The van der Waals surface area contributed by atoms with Crippen molar-refractivity contribution in [3.05, 3.63) is 23.8 Å². The number of carbonyl (C=O) groups is 1. The zero-order valence-corrected chi connectivity index (χ0v) is 10.8. The normalized spacial score (nSPS) is 12.5. The Kier molecular flexibility index (Phi) is 10.8. The summed E-state index contributed by atoms with van der Waals surface area (Å²) in [5, 5.41) is 0. The fraction of sp³-hybridized carbons (Fsp3) is 0.500. The number of esters is 1. The van der Waals surface area contributed by atoms with E-state index < -0.39 is 0 Å². The molecule has 1 aliphatic carbocycles. The number of rotatable bonds is 1. The van der Waals surface area contributed by atoms with Gasteiger partial charge in [-0.1, -0.05) is 18.2 Å². The molecule has 0 saturated heterocycles. The van der Waals surface area contributed by atoms with E-state index in [9.17, 15) is 4.79 Å². The number of methoxy groups -OCH3 is 1. The molecule has 0 aromatic rings. The standard InChI is InChI=1S/C7H8O2.C3H9Si.Li/c1-9-7(8)6-4-2-3-5-6;1-4(2)3;/h2-4H,5H2,1H3;1-3H3;/q;-1;+1. The Bertz CT molecular complexity index is 219. The third-order valence-corrected chi connectivity index (χ3v) is 1.22. The molecule has 74 valence electrons. The van der Waals surface area contributed by atoms with Gasteiger partial charge in [0.25, 0.3) is 0 Å². The number of allylic oxidation sites excluding steroid dienone is 3. The van der Waals surface area contributed by atoms with Crippen LogP contribution in [0, 0.1) is 0 Å². The van der Waals surface area contributed by atoms with E-state index in [1.165, 1.54) is 7.11 Å². The van der Waals surface area contributed by atoms with Crippen molar-refractivity contribution in [3.8, 4) is 0 Å². The zero-order valence-electron chi connectivity index (χ0n) is 9.76. The van der Waals surface area contributed by atoms with Gasteiger partial charge in [-0.15, -0.1) is 0 Å². The van der Waals surface area contributed by atoms with Crippen molar-refractivity contribution >= 4 is 14.8 Å². The molecular formula is C10H17LiO2Si. The molecule has 0 radical (unpaired) electrons. The average molecular weight is 204 g/mol. The molecule has 0 saturated carbocycles. The molecule has 0 amide bonds. The summed E-state index contributed by atoms with van der Waals surface area (Å²) in [6, 6.07) is 0. The fourth-order valence-corrected chi connectivity index (χ4v) is 0.730. The first-order valence-electron chi connectivity index (χ1n) is 4.28. The van der Waals surface area contributed by atoms with Gasteiger partial charge in [0.05, 0.1) is 7.11 Å². The zero-order chi connectivity index (χ0) is 10.3. The quantitative estimate of drug-likeness (QED) is 0.422. The topological polar surface area (TPSA) is 26.3 Å². The molecule has 0 unspecified atom stereocenters. The van der Waals surface area contributed by atoms with Crippen molar-refractivity contribution in [1.29, 1.82) is 0 Å². The summed E-state index contributed by atoms with van der Waals surface area (Å²) in [6.07, 6.45) is 6.26. The van der Waals surface area contributed by atoms with Crippen molar-refractivity contribution < 1.29 is 28.4 Å². The SMILES string of the molecule is COC(=O)C1=CC=CC1.C[Si-](C)C.[Li+]. The van der Waals surface area contributed by atoms with Crippen LogP contribution in [0.3, 0.4) is 0 Å². The van der Waals surface area contributed by atoms with Gasteiger partial charge in [0.2, 0.25) is 0 Å². The third-order valence-electron chi connectivity index (χ3n) is 1.22. The maximum absolute atomic E-state index is 10.7. The molecule has 0 fully saturated rings. The molecule has 0 N–H and O–H groups in total. The van der Waals surface area contributed by atoms with Crippen LogP contribution in [-0.2, 0) is 9.53 Å². The van der Waals surface area contributed by atoms with E-state index in [2.05, 4.69) is 24.4 Å². The van der Waals surface area contributed by atoms with Crippen LogP contribution in [0.4, 0.5) is 0 Å². The number of ether oxygens (including phenoxy) is 1. The van der Waals surface area contributed by atoms with Gasteiger partial charge in [-0.2, -0.15) is 19.6 Å². The van der Waals surface area contributed by atoms with E-state index in [0.717, 1.165) is 5.57 Å². The van der Waals surface area contributed by atoms with Crippen LogP contribution in [0.5, 0.6) is 0 Å². The van der Waals surface area contributed by atoms with Crippen LogP contribution in [0.15, 0.2) is 23.8 Å². The molecule has 14 heavy (non-hydrogen) atoms. The Hall–Kier alpha value is -0.236. The molecule has 0 atom stereocenters. The molecule has 0 spiro atoms. The summed E-state index contributed by atoms with van der Waals surface area (Å²) in [7, 11) is 1.51. The van der Waals surface area contributed by atoms with Crippen molar-refractivity contribution in [3.63, 3.8) is 0 Å². The summed E-state index contributed by atoms with van der Waals surface area (Å²) >= 11 is 0. The van der Waals surface area contributed by atoms with E-state index in [-0.39, 0.29) is 33.6 Å². The van der Waals surface area contributed by atoms with Gasteiger partial charge in [0.1, 0.15) is 0 Å². The minimum absolute atomic E-state index is 0. The van der Waals surface area contributed by atoms with Crippen LogP contribution < -0.4 is 18.9 Å². The second kappa shape index (κ2) is 9.32. The van der Waals surface area contributed by atoms with Gasteiger partial charge in [-0.25, -0.2) is 4.79 Å². The number of hydrogen-bond acceptors (Lipinski definition) is 2. The molecule has 0 aromatic carbocycles. The Morgan fingerprint density at radius 2 is 1.93 bits per heavy atom. The van der Waals surface area contributed by atoms with Gasteiger partial charge in [-0.05, 0) is 6.42 Å². The molecular weight excluding hydrogens is 187 g/mol. The summed E-state index contributed by atoms with van der Waals surface area (Å²) in [5.41, 5.74) is 0.734. The van der Waals surface area contributed by atoms with E-state index in [0.29, 0.717) is 6.42 Å². The largest absolute Gasteiger partial charge is 1.00 e. The first-order valence-corrected chi connectivity index (χ1v) is 7.28. The van der Waals surface area contributed by atoms with Crippen molar-refractivity contribution in [2.24, 2.45) is 0 Å². The smallest absolute Gasteiger partial charge is 0.466 e. The van der Waals surface area contributed by atoms with Gasteiger partial charge in [0, 0.05) is 5.57 Å². The Morgan fingerprint density at radius 3 is 2.21 bits per heavy atom. The molecule has 0 heterocycles. The molecule has 0 bridgehead atoms. The summed E-state index contributed by atoms with van der Waals surface area (Å²) in [5.74, 6) is -0.222. The fourth-order valence-electron chi connectivity index (χ4n) is 0.730. The van der Waals surface area contributed by atoms with E-state index >= 15 is 0 Å². The third kappa shape index (κ3) is 8.37. The Balaban J connectivity index is 0. The Labute approximate surface area is 100 Å². The van der Waals surface area contributed by atoms with E-state index in [1.54, 1.807) is 6.08 Å². The summed E-state index contributed by atoms with van der Waals surface area (Å²) in [4.78, 5) is 10.7. The van der Waals surface area contributed by atoms with Crippen molar-refractivity contribution in [1.82, 2.24) is 0 Å². The maximum atomic E-state index is 10.7. The van der Waals surface area contributed by atoms with Crippen LogP contribution in [0.1, 0.15) is 6.42 Å². The number of carbonyl (C=O) groups excluding carboxylic acids is 1. The first-order chi connectivity index (χ1) is 6.07. The predicted octanol–water partition coefficient (Wildman–Crippen LogP) is -0.580. The monoisotopic (exact) mass is 204 g/mol. The van der Waals surface area contributed by atoms with Crippen LogP contribution >= 0.6 is 0 Å². The van der Waals surface area contributed by atoms with Crippen molar-refractivity contribution in [2.75, 3.05) is 7.11 Å². The maximum Gasteiger partial charge on any atom is 1.00 e. The second-order valence-electron chi connectivity index (χ2n) is 3.32. The van der Waals surface area contributed by atoms with Crippen LogP contribution in [-0.4, -0.2) is 21.9 Å². The minimum atomic E-state index is -0.222. The predicted molar refractivity (Wildman–Crippen MR) is 57.2 cm³/mol. The molecule has 1 aliphatic rings. The first kappa shape index (κ1) is 16.2. The summed E-state index contributed by atoms with van der Waals surface area (Å²) < 4.78 is 4.49. The van der Waals surface area contributed by atoms with Gasteiger partial charge in [0.15, 0.2) is 0 Å². The molecule has 4 heteroatoms. The average Bonchev–Trinajstić information content (AvgIpc) is 2.54. The second-order valence-corrected chi connectivity index (χ2v) is 6.32. The molecule has 2 nitrogen and oxygen atoms in total. The molecule has 0 aromatic heterocycles. The van der Waals surface area contributed by atoms with Crippen molar-refractivity contribution in [2.45, 2.75) is 26.1 Å². The van der Waals surface area contributed by atoms with Crippen LogP contribution in [0.2, 0.25) is 19.6 Å². The van der Waals surface area contributed by atoms with E-state index in [1.807, 2.05) is 12.2 Å². The molecule has 0 aliphatic heterocycles. The van der Waals surface area contributed by atoms with Gasteiger partial charge < -0.3 is 4.74 Å². The summed E-state index contributed by atoms with van der Waals surface area (Å²) in [6.45, 7) is 6.81. The van der Waals surface area contributed by atoms with E-state index in [4.69, 9.17) is 0 Å².